The smallest absolute Gasteiger partial charge is 0.0862 e. The Hall–Kier alpha value is -2.04. The lowest BCUT2D eigenvalue weighted by molar-refractivity contribution is 0.748. The number of anilines is 1. The van der Waals surface area contributed by atoms with Gasteiger partial charge in [0.1, 0.15) is 0 Å². The summed E-state index contributed by atoms with van der Waals surface area (Å²) in [5.41, 5.74) is 2.21. The Labute approximate surface area is 141 Å². The quantitative estimate of drug-likeness (QED) is 0.632. The number of para-hydroxylation sites is 1. The molecule has 3 rings (SSSR count). The Balaban J connectivity index is 1.86. The fourth-order valence-electron chi connectivity index (χ4n) is 2.49. The molecule has 4 heteroatoms. The van der Waals surface area contributed by atoms with Crippen LogP contribution in [0.25, 0.3) is 10.9 Å². The molecule has 3 aromatic rings. The highest BCUT2D eigenvalue weighted by molar-refractivity contribution is 7.99. The van der Waals surface area contributed by atoms with Gasteiger partial charge in [0, 0.05) is 33.6 Å². The highest BCUT2D eigenvalue weighted by Crippen LogP contribution is 2.34. The Kier molecular flexibility index (Phi) is 5.51. The van der Waals surface area contributed by atoms with E-state index in [0.29, 0.717) is 0 Å². The Bertz CT molecular complexity index is 759. The van der Waals surface area contributed by atoms with E-state index in [9.17, 15) is 0 Å². The third-order valence-electron chi connectivity index (χ3n) is 3.62. The fraction of sp³-hybridized carbons (Fsp3) is 0.211. The van der Waals surface area contributed by atoms with Crippen LogP contribution in [-0.4, -0.2) is 25.1 Å². The molecule has 0 aliphatic carbocycles. The van der Waals surface area contributed by atoms with Gasteiger partial charge in [0.15, 0.2) is 0 Å². The predicted molar refractivity (Wildman–Crippen MR) is 99.3 cm³/mol. The zero-order chi connectivity index (χ0) is 15.9. The summed E-state index contributed by atoms with van der Waals surface area (Å²) in [4.78, 5) is 7.03. The van der Waals surface area contributed by atoms with Crippen LogP contribution in [0.3, 0.4) is 0 Å². The fourth-order valence-corrected chi connectivity index (χ4v) is 3.44. The summed E-state index contributed by atoms with van der Waals surface area (Å²) < 4.78 is 0. The number of nitrogens with one attached hydrogen (secondary N) is 2. The molecule has 0 spiro atoms. The Morgan fingerprint density at radius 1 is 0.957 bits per heavy atom. The Morgan fingerprint density at radius 2 is 1.83 bits per heavy atom. The van der Waals surface area contributed by atoms with Crippen molar-refractivity contribution >= 4 is 28.4 Å². The van der Waals surface area contributed by atoms with E-state index in [1.807, 2.05) is 19.3 Å². The molecule has 0 saturated carbocycles. The molecule has 0 bridgehead atoms. The van der Waals surface area contributed by atoms with E-state index in [2.05, 4.69) is 64.1 Å². The topological polar surface area (TPSA) is 37.0 Å². The molecular formula is C19H21N3S. The summed E-state index contributed by atoms with van der Waals surface area (Å²) in [6.07, 6.45) is 2.98. The van der Waals surface area contributed by atoms with Gasteiger partial charge >= 0.3 is 0 Å². The summed E-state index contributed by atoms with van der Waals surface area (Å²) in [5, 5.41) is 7.87. The molecule has 0 aliphatic rings. The summed E-state index contributed by atoms with van der Waals surface area (Å²) in [6.45, 7) is 1.97. The number of fused-ring (bicyclic) bond motifs is 1. The minimum atomic E-state index is 0.954. The van der Waals surface area contributed by atoms with Gasteiger partial charge in [0.2, 0.25) is 0 Å². The van der Waals surface area contributed by atoms with Gasteiger partial charge < -0.3 is 10.6 Å². The summed E-state index contributed by atoms with van der Waals surface area (Å²) in [7, 11) is 1.98. The normalized spacial score (nSPS) is 10.8. The molecule has 1 aromatic heterocycles. The van der Waals surface area contributed by atoms with E-state index in [-0.39, 0.29) is 0 Å². The van der Waals surface area contributed by atoms with Gasteiger partial charge in [-0.05, 0) is 44.3 Å². The minimum Gasteiger partial charge on any atom is -0.384 e. The maximum Gasteiger partial charge on any atom is 0.0862 e. The van der Waals surface area contributed by atoms with E-state index in [4.69, 9.17) is 0 Å². The number of hydrogen-bond acceptors (Lipinski definition) is 4. The number of hydrogen-bond donors (Lipinski definition) is 2. The van der Waals surface area contributed by atoms with Gasteiger partial charge in [-0.25, -0.2) is 0 Å². The minimum absolute atomic E-state index is 0.954. The van der Waals surface area contributed by atoms with Crippen molar-refractivity contribution in [3.63, 3.8) is 0 Å². The number of benzene rings is 2. The molecule has 0 saturated heterocycles. The maximum atomic E-state index is 4.61. The van der Waals surface area contributed by atoms with Crippen LogP contribution in [0.1, 0.15) is 6.42 Å². The zero-order valence-electron chi connectivity index (χ0n) is 13.3. The van der Waals surface area contributed by atoms with Crippen LogP contribution in [-0.2, 0) is 0 Å². The second kappa shape index (κ2) is 7.99. The summed E-state index contributed by atoms with van der Waals surface area (Å²) in [5.74, 6) is 0. The lowest BCUT2D eigenvalue weighted by Gasteiger charge is -2.11. The molecule has 2 N–H and O–H groups in total. The zero-order valence-corrected chi connectivity index (χ0v) is 14.1. The SMILES string of the molecule is CNCCCNc1ccnc2c(Sc3ccccc3)cccc12. The standard InChI is InChI=1S/C19H21N3S/c1-20-12-6-13-21-17-11-14-22-19-16(17)9-5-10-18(19)23-15-7-3-2-4-8-15/h2-5,7-11,14,20H,6,12-13H2,1H3,(H,21,22). The largest absolute Gasteiger partial charge is 0.384 e. The van der Waals surface area contributed by atoms with Crippen molar-refractivity contribution in [2.24, 2.45) is 0 Å². The first-order chi connectivity index (χ1) is 11.4. The van der Waals surface area contributed by atoms with Crippen molar-refractivity contribution in [2.75, 3.05) is 25.5 Å². The van der Waals surface area contributed by atoms with Crippen molar-refractivity contribution < 1.29 is 0 Å². The van der Waals surface area contributed by atoms with Crippen molar-refractivity contribution in [1.29, 1.82) is 0 Å². The molecule has 0 aliphatic heterocycles. The predicted octanol–water partition coefficient (Wildman–Crippen LogP) is 4.41. The van der Waals surface area contributed by atoms with Gasteiger partial charge in [0.25, 0.3) is 0 Å². The van der Waals surface area contributed by atoms with E-state index < -0.39 is 0 Å². The molecule has 2 aromatic carbocycles. The number of pyridine rings is 1. The lowest BCUT2D eigenvalue weighted by Crippen LogP contribution is -2.13. The van der Waals surface area contributed by atoms with Crippen LogP contribution in [0, 0.1) is 0 Å². The van der Waals surface area contributed by atoms with Crippen LogP contribution < -0.4 is 10.6 Å². The van der Waals surface area contributed by atoms with E-state index in [1.54, 1.807) is 11.8 Å². The molecule has 0 fully saturated rings. The van der Waals surface area contributed by atoms with Crippen LogP contribution in [0.2, 0.25) is 0 Å². The molecule has 0 atom stereocenters. The van der Waals surface area contributed by atoms with E-state index >= 15 is 0 Å². The number of aromatic nitrogens is 1. The van der Waals surface area contributed by atoms with Crippen molar-refractivity contribution in [2.45, 2.75) is 16.2 Å². The Morgan fingerprint density at radius 3 is 2.65 bits per heavy atom. The van der Waals surface area contributed by atoms with E-state index in [1.165, 1.54) is 15.2 Å². The molecule has 23 heavy (non-hydrogen) atoms. The molecule has 3 nitrogen and oxygen atoms in total. The monoisotopic (exact) mass is 323 g/mol. The second-order valence-electron chi connectivity index (χ2n) is 5.31. The summed E-state index contributed by atoms with van der Waals surface area (Å²) in [6, 6.07) is 18.9. The van der Waals surface area contributed by atoms with Crippen molar-refractivity contribution in [3.05, 3.63) is 60.8 Å². The highest BCUT2D eigenvalue weighted by Gasteiger charge is 2.07. The molecule has 0 amide bonds. The van der Waals surface area contributed by atoms with Crippen molar-refractivity contribution in [3.8, 4) is 0 Å². The maximum absolute atomic E-state index is 4.61. The van der Waals surface area contributed by atoms with Crippen LogP contribution >= 0.6 is 11.8 Å². The average molecular weight is 323 g/mol. The highest BCUT2D eigenvalue weighted by atomic mass is 32.2. The van der Waals surface area contributed by atoms with Crippen LogP contribution in [0.15, 0.2) is 70.6 Å². The first-order valence-electron chi connectivity index (χ1n) is 7.87. The van der Waals surface area contributed by atoms with Crippen LogP contribution in [0.4, 0.5) is 5.69 Å². The average Bonchev–Trinajstić information content (AvgIpc) is 2.60. The van der Waals surface area contributed by atoms with Gasteiger partial charge in [0.05, 0.1) is 5.52 Å². The van der Waals surface area contributed by atoms with Crippen molar-refractivity contribution in [1.82, 2.24) is 10.3 Å². The molecule has 1 heterocycles. The first-order valence-corrected chi connectivity index (χ1v) is 8.69. The second-order valence-corrected chi connectivity index (χ2v) is 6.43. The summed E-state index contributed by atoms with van der Waals surface area (Å²) >= 11 is 1.76. The van der Waals surface area contributed by atoms with Gasteiger partial charge in [-0.1, -0.05) is 42.1 Å². The van der Waals surface area contributed by atoms with Gasteiger partial charge in [-0.15, -0.1) is 0 Å². The van der Waals surface area contributed by atoms with Gasteiger partial charge in [-0.2, -0.15) is 0 Å². The third kappa shape index (κ3) is 4.03. The lowest BCUT2D eigenvalue weighted by atomic mass is 10.2. The molecular weight excluding hydrogens is 302 g/mol. The molecule has 0 radical (unpaired) electrons. The first kappa shape index (κ1) is 15.8. The van der Waals surface area contributed by atoms with E-state index in [0.717, 1.165) is 30.7 Å². The number of nitrogens with zero attached hydrogens (tertiary/aromatic N) is 1. The number of rotatable bonds is 7. The molecule has 0 unspecified atom stereocenters. The van der Waals surface area contributed by atoms with Crippen LogP contribution in [0.5, 0.6) is 0 Å². The third-order valence-corrected chi connectivity index (χ3v) is 4.68. The van der Waals surface area contributed by atoms with Gasteiger partial charge in [-0.3, -0.25) is 4.98 Å². The molecule has 118 valence electrons.